The van der Waals surface area contributed by atoms with Crippen LogP contribution in [0.2, 0.25) is 0 Å². The molecule has 0 atom stereocenters. The Morgan fingerprint density at radius 1 is 1.33 bits per heavy atom. The van der Waals surface area contributed by atoms with E-state index in [0.717, 1.165) is 17.4 Å². The predicted molar refractivity (Wildman–Crippen MR) is 44.1 cm³/mol. The Morgan fingerprint density at radius 2 is 1.83 bits per heavy atom. The van der Waals surface area contributed by atoms with Crippen molar-refractivity contribution in [2.24, 2.45) is 0 Å². The van der Waals surface area contributed by atoms with Crippen LogP contribution in [0.1, 0.15) is 12.8 Å². The topological polar surface area (TPSA) is 26.3 Å². The number of rotatable bonds is 4. The van der Waals surface area contributed by atoms with Crippen molar-refractivity contribution in [2.75, 3.05) is 34.8 Å². The quantitative estimate of drug-likeness (QED) is 0.406. The van der Waals surface area contributed by atoms with Gasteiger partial charge in [-0.15, -0.1) is 0 Å². The summed E-state index contributed by atoms with van der Waals surface area (Å²) in [6, 6.07) is 0. The summed E-state index contributed by atoms with van der Waals surface area (Å²) in [7, 11) is 7.75. The zero-order valence-corrected chi connectivity index (χ0v) is 9.85. The largest absolute Gasteiger partial charge is 1.00 e. The Balaban J connectivity index is 0. The van der Waals surface area contributed by atoms with Crippen LogP contribution in [0.15, 0.2) is 0 Å². The molecule has 0 amide bonds. The summed E-state index contributed by atoms with van der Waals surface area (Å²) in [4.78, 5) is 10.7. The van der Waals surface area contributed by atoms with Crippen LogP contribution in [-0.2, 0) is 9.53 Å². The van der Waals surface area contributed by atoms with E-state index in [2.05, 4.69) is 25.9 Å². The maximum absolute atomic E-state index is 10.7. The molecule has 0 radical (unpaired) electrons. The smallest absolute Gasteiger partial charge is 0.305 e. The summed E-state index contributed by atoms with van der Waals surface area (Å²) in [6.07, 6.45) is 1.43. The molecule has 0 aliphatic carbocycles. The molecule has 0 unspecified atom stereocenters. The normalized spacial score (nSPS) is 10.3. The first kappa shape index (κ1) is 14.4. The molecule has 0 bridgehead atoms. The standard InChI is InChI=1S/C8H18NO2.BrH/c1-9(2,3)7-5-6-8(10)11-4;/h5-7H2,1-4H3;1H/q+1;/p-1. The highest BCUT2D eigenvalue weighted by atomic mass is 79.9. The molecule has 0 fully saturated rings. The average Bonchev–Trinajstić information content (AvgIpc) is 1.85. The van der Waals surface area contributed by atoms with E-state index in [4.69, 9.17) is 0 Å². The zero-order valence-electron chi connectivity index (χ0n) is 8.26. The third-order valence-electron chi connectivity index (χ3n) is 1.44. The first-order chi connectivity index (χ1) is 4.95. The molecule has 3 nitrogen and oxygen atoms in total. The van der Waals surface area contributed by atoms with Gasteiger partial charge in [-0.1, -0.05) is 0 Å². The monoisotopic (exact) mass is 239 g/mol. The second kappa shape index (κ2) is 6.43. The number of methoxy groups -OCH3 is 1. The van der Waals surface area contributed by atoms with Crippen molar-refractivity contribution >= 4 is 5.97 Å². The van der Waals surface area contributed by atoms with Crippen molar-refractivity contribution in [3.63, 3.8) is 0 Å². The van der Waals surface area contributed by atoms with Gasteiger partial charge in [0.05, 0.1) is 41.2 Å². The third-order valence-corrected chi connectivity index (χ3v) is 1.44. The number of hydrogen-bond acceptors (Lipinski definition) is 2. The summed E-state index contributed by atoms with van der Waals surface area (Å²) >= 11 is 0. The van der Waals surface area contributed by atoms with E-state index < -0.39 is 0 Å². The number of carbonyl (C=O) groups is 1. The fourth-order valence-corrected chi connectivity index (χ4v) is 0.800. The van der Waals surface area contributed by atoms with Crippen molar-refractivity contribution in [1.29, 1.82) is 0 Å². The number of hydrogen-bond donors (Lipinski definition) is 0. The molecular weight excluding hydrogens is 222 g/mol. The van der Waals surface area contributed by atoms with Crippen molar-refractivity contribution in [2.45, 2.75) is 12.8 Å². The Hall–Kier alpha value is -0.0900. The van der Waals surface area contributed by atoms with E-state index in [1.54, 1.807) is 0 Å². The molecule has 0 aliphatic heterocycles. The summed E-state index contributed by atoms with van der Waals surface area (Å²) in [5.74, 6) is -0.113. The van der Waals surface area contributed by atoms with Gasteiger partial charge < -0.3 is 26.2 Å². The summed E-state index contributed by atoms with van der Waals surface area (Å²) in [5.41, 5.74) is 0. The lowest BCUT2D eigenvalue weighted by atomic mass is 10.3. The molecule has 0 N–H and O–H groups in total. The lowest BCUT2D eigenvalue weighted by Gasteiger charge is -2.23. The number of quaternary nitrogens is 1. The maximum atomic E-state index is 10.7. The highest BCUT2D eigenvalue weighted by molar-refractivity contribution is 5.68. The number of halogens is 1. The fourth-order valence-electron chi connectivity index (χ4n) is 0.800. The van der Waals surface area contributed by atoms with Gasteiger partial charge in [0.25, 0.3) is 0 Å². The van der Waals surface area contributed by atoms with Crippen LogP contribution in [0.4, 0.5) is 0 Å². The Kier molecular flexibility index (Phi) is 7.73. The minimum Gasteiger partial charge on any atom is -1.00 e. The third kappa shape index (κ3) is 9.91. The minimum absolute atomic E-state index is 0. The Labute approximate surface area is 85.1 Å². The number of nitrogens with zero attached hydrogens (tertiary/aromatic N) is 1. The average molecular weight is 240 g/mol. The molecular formula is C8H18BrNO2. The first-order valence-corrected chi connectivity index (χ1v) is 3.83. The molecule has 0 saturated carbocycles. The van der Waals surface area contributed by atoms with Crippen molar-refractivity contribution in [3.05, 3.63) is 0 Å². The zero-order chi connectivity index (χ0) is 8.91. The Bertz CT molecular complexity index is 132. The number of ether oxygens (including phenoxy) is 1. The van der Waals surface area contributed by atoms with Gasteiger partial charge in [0, 0.05) is 6.42 Å². The minimum atomic E-state index is -0.113. The molecule has 0 aliphatic rings. The number of carbonyl (C=O) groups excluding carboxylic acids is 1. The second-order valence-electron chi connectivity index (χ2n) is 3.69. The second-order valence-corrected chi connectivity index (χ2v) is 3.69. The Morgan fingerprint density at radius 3 is 2.17 bits per heavy atom. The van der Waals surface area contributed by atoms with Crippen LogP contribution in [0, 0.1) is 0 Å². The molecule has 0 rings (SSSR count). The highest BCUT2D eigenvalue weighted by Crippen LogP contribution is 1.97. The van der Waals surface area contributed by atoms with E-state index >= 15 is 0 Å². The van der Waals surface area contributed by atoms with Crippen molar-refractivity contribution in [3.8, 4) is 0 Å². The van der Waals surface area contributed by atoms with Gasteiger partial charge in [-0.3, -0.25) is 4.79 Å². The first-order valence-electron chi connectivity index (χ1n) is 3.83. The molecule has 4 heteroatoms. The van der Waals surface area contributed by atoms with Crippen LogP contribution < -0.4 is 17.0 Å². The molecule has 0 heterocycles. The van der Waals surface area contributed by atoms with Crippen molar-refractivity contribution < 1.29 is 31.0 Å². The van der Waals surface area contributed by atoms with Gasteiger partial charge in [0.1, 0.15) is 0 Å². The predicted octanol–water partition coefficient (Wildman–Crippen LogP) is -2.35. The fraction of sp³-hybridized carbons (Fsp3) is 0.875. The highest BCUT2D eigenvalue weighted by Gasteiger charge is 2.08. The lowest BCUT2D eigenvalue weighted by molar-refractivity contribution is -0.870. The SMILES string of the molecule is COC(=O)CCC[N+](C)(C)C.[Br-]. The number of esters is 1. The van der Waals surface area contributed by atoms with Gasteiger partial charge >= 0.3 is 5.97 Å². The van der Waals surface area contributed by atoms with E-state index in [9.17, 15) is 4.79 Å². The van der Waals surface area contributed by atoms with Crippen LogP contribution in [0.5, 0.6) is 0 Å². The molecule has 0 aromatic heterocycles. The molecule has 0 aromatic rings. The van der Waals surface area contributed by atoms with Gasteiger partial charge in [-0.2, -0.15) is 0 Å². The molecule has 12 heavy (non-hydrogen) atoms. The van der Waals surface area contributed by atoms with Gasteiger partial charge in [-0.25, -0.2) is 0 Å². The molecule has 74 valence electrons. The summed E-state index contributed by atoms with van der Waals surface area (Å²) in [6.45, 7) is 1.01. The summed E-state index contributed by atoms with van der Waals surface area (Å²) in [5, 5.41) is 0. The van der Waals surface area contributed by atoms with Crippen LogP contribution in [0.3, 0.4) is 0 Å². The summed E-state index contributed by atoms with van der Waals surface area (Å²) < 4.78 is 5.42. The van der Waals surface area contributed by atoms with E-state index in [-0.39, 0.29) is 23.0 Å². The molecule has 0 aromatic carbocycles. The van der Waals surface area contributed by atoms with E-state index in [1.807, 2.05) is 0 Å². The van der Waals surface area contributed by atoms with Crippen molar-refractivity contribution in [1.82, 2.24) is 0 Å². The maximum Gasteiger partial charge on any atom is 0.305 e. The van der Waals surface area contributed by atoms with E-state index in [0.29, 0.717) is 6.42 Å². The lowest BCUT2D eigenvalue weighted by Crippen LogP contribution is -3.00. The van der Waals surface area contributed by atoms with Crippen LogP contribution in [0.25, 0.3) is 0 Å². The van der Waals surface area contributed by atoms with Gasteiger partial charge in [-0.05, 0) is 0 Å². The molecule has 0 spiro atoms. The van der Waals surface area contributed by atoms with Gasteiger partial charge in [0.15, 0.2) is 0 Å². The van der Waals surface area contributed by atoms with Crippen LogP contribution >= 0.6 is 0 Å². The molecule has 0 saturated heterocycles. The van der Waals surface area contributed by atoms with Gasteiger partial charge in [0.2, 0.25) is 0 Å². The van der Waals surface area contributed by atoms with Crippen LogP contribution in [-0.4, -0.2) is 45.2 Å². The van der Waals surface area contributed by atoms with E-state index in [1.165, 1.54) is 7.11 Å².